The maximum Gasteiger partial charge on any atom is 0.271 e. The third kappa shape index (κ3) is 10.1. The lowest BCUT2D eigenvalue weighted by Gasteiger charge is -2.12. The van der Waals surface area contributed by atoms with Crippen LogP contribution in [0.3, 0.4) is 0 Å². The summed E-state index contributed by atoms with van der Waals surface area (Å²) in [7, 11) is 0. The number of nitrogens with zero attached hydrogens (tertiary/aromatic N) is 1. The number of aryl methyl sites for hydroxylation is 1. The summed E-state index contributed by atoms with van der Waals surface area (Å²) < 4.78 is 11.7. The van der Waals surface area contributed by atoms with Gasteiger partial charge >= 0.3 is 0 Å². The molecule has 33 heavy (non-hydrogen) atoms. The third-order valence-electron chi connectivity index (χ3n) is 5.44. The maximum absolute atomic E-state index is 12.3. The summed E-state index contributed by atoms with van der Waals surface area (Å²) in [6.07, 6.45) is 12.3. The highest BCUT2D eigenvalue weighted by atomic mass is 16.5. The second-order valence-corrected chi connectivity index (χ2v) is 8.26. The molecule has 0 fully saturated rings. The smallest absolute Gasteiger partial charge is 0.271 e. The van der Waals surface area contributed by atoms with E-state index in [0.717, 1.165) is 37.0 Å². The Morgan fingerprint density at radius 1 is 0.848 bits per heavy atom. The first-order valence-corrected chi connectivity index (χ1v) is 12.5. The number of ether oxygens (including phenoxy) is 2. The van der Waals surface area contributed by atoms with Gasteiger partial charge in [-0.1, -0.05) is 64.5 Å². The lowest BCUT2D eigenvalue weighted by Crippen LogP contribution is -2.17. The molecule has 2 aromatic rings. The number of unbranched alkanes of at least 4 members (excludes halogenated alkanes) is 6. The van der Waals surface area contributed by atoms with Crippen LogP contribution in [0.1, 0.15) is 93.6 Å². The second kappa shape index (κ2) is 15.9. The number of nitrogens with one attached hydrogen (secondary N) is 1. The van der Waals surface area contributed by atoms with E-state index in [0.29, 0.717) is 24.5 Å². The van der Waals surface area contributed by atoms with E-state index in [1.807, 2.05) is 49.4 Å². The monoisotopic (exact) mass is 452 g/mol. The van der Waals surface area contributed by atoms with E-state index >= 15 is 0 Å². The lowest BCUT2D eigenvalue weighted by atomic mass is 10.1. The highest BCUT2D eigenvalue weighted by molar-refractivity contribution is 5.94. The minimum atomic E-state index is -0.225. The SMILES string of the molecule is CCCCCCCCOc1ccc(/C=N/NC(=O)c2ccc(CCCC)cc2)cc1OCC. The summed E-state index contributed by atoms with van der Waals surface area (Å²) in [5.74, 6) is 1.22. The molecule has 0 atom stereocenters. The van der Waals surface area contributed by atoms with Crippen LogP contribution in [0.15, 0.2) is 47.6 Å². The minimum absolute atomic E-state index is 0.225. The summed E-state index contributed by atoms with van der Waals surface area (Å²) in [6.45, 7) is 7.60. The fourth-order valence-corrected chi connectivity index (χ4v) is 3.49. The van der Waals surface area contributed by atoms with Crippen molar-refractivity contribution in [3.8, 4) is 11.5 Å². The van der Waals surface area contributed by atoms with Crippen LogP contribution in [-0.2, 0) is 6.42 Å². The highest BCUT2D eigenvalue weighted by Gasteiger charge is 2.07. The van der Waals surface area contributed by atoms with Crippen molar-refractivity contribution in [1.29, 1.82) is 0 Å². The van der Waals surface area contributed by atoms with Crippen molar-refractivity contribution >= 4 is 12.1 Å². The number of carbonyl (C=O) groups excluding carboxylic acids is 1. The van der Waals surface area contributed by atoms with Gasteiger partial charge in [-0.25, -0.2) is 5.43 Å². The van der Waals surface area contributed by atoms with Crippen molar-refractivity contribution in [3.05, 3.63) is 59.2 Å². The molecule has 2 aromatic carbocycles. The topological polar surface area (TPSA) is 59.9 Å². The normalized spacial score (nSPS) is 11.0. The molecule has 5 heteroatoms. The van der Waals surface area contributed by atoms with Gasteiger partial charge in [0.1, 0.15) is 0 Å². The van der Waals surface area contributed by atoms with Crippen LogP contribution in [0.2, 0.25) is 0 Å². The number of hydrazone groups is 1. The fourth-order valence-electron chi connectivity index (χ4n) is 3.49. The Balaban J connectivity index is 1.86. The first-order valence-electron chi connectivity index (χ1n) is 12.5. The summed E-state index contributed by atoms with van der Waals surface area (Å²) in [4.78, 5) is 12.3. The van der Waals surface area contributed by atoms with E-state index in [1.165, 1.54) is 37.7 Å². The van der Waals surface area contributed by atoms with Crippen LogP contribution >= 0.6 is 0 Å². The number of hydrogen-bond donors (Lipinski definition) is 1. The predicted molar refractivity (Wildman–Crippen MR) is 137 cm³/mol. The Morgan fingerprint density at radius 2 is 1.58 bits per heavy atom. The van der Waals surface area contributed by atoms with Gasteiger partial charge in [0.15, 0.2) is 11.5 Å². The Bertz CT molecular complexity index is 847. The quantitative estimate of drug-likeness (QED) is 0.171. The first kappa shape index (κ1) is 26.4. The Hall–Kier alpha value is -2.82. The molecule has 0 saturated carbocycles. The van der Waals surface area contributed by atoms with Crippen molar-refractivity contribution in [2.75, 3.05) is 13.2 Å². The minimum Gasteiger partial charge on any atom is -0.490 e. The van der Waals surface area contributed by atoms with Crippen LogP contribution in [0.5, 0.6) is 11.5 Å². The van der Waals surface area contributed by atoms with Gasteiger partial charge in [0.2, 0.25) is 0 Å². The Kier molecular flexibility index (Phi) is 12.7. The highest BCUT2D eigenvalue weighted by Crippen LogP contribution is 2.28. The first-order chi connectivity index (χ1) is 16.2. The Morgan fingerprint density at radius 3 is 2.30 bits per heavy atom. The van der Waals surface area contributed by atoms with E-state index in [-0.39, 0.29) is 5.91 Å². The van der Waals surface area contributed by atoms with Gasteiger partial charge in [-0.3, -0.25) is 4.79 Å². The summed E-state index contributed by atoms with van der Waals surface area (Å²) in [5, 5.41) is 4.11. The van der Waals surface area contributed by atoms with E-state index in [1.54, 1.807) is 6.21 Å². The molecule has 1 amide bonds. The Labute approximate surface area is 199 Å². The summed E-state index contributed by atoms with van der Waals surface area (Å²) >= 11 is 0. The van der Waals surface area contributed by atoms with Gasteiger partial charge in [-0.2, -0.15) is 5.10 Å². The molecule has 0 aliphatic rings. The molecule has 0 aromatic heterocycles. The average Bonchev–Trinajstić information content (AvgIpc) is 2.83. The number of benzene rings is 2. The van der Waals surface area contributed by atoms with Crippen molar-refractivity contribution in [3.63, 3.8) is 0 Å². The van der Waals surface area contributed by atoms with Crippen LogP contribution in [-0.4, -0.2) is 25.3 Å². The van der Waals surface area contributed by atoms with Crippen LogP contribution in [0.25, 0.3) is 0 Å². The molecular formula is C28H40N2O3. The molecule has 1 N–H and O–H groups in total. The van der Waals surface area contributed by atoms with E-state index in [9.17, 15) is 4.79 Å². The summed E-state index contributed by atoms with van der Waals surface area (Å²) in [5.41, 5.74) is 5.28. The second-order valence-electron chi connectivity index (χ2n) is 8.26. The number of amides is 1. The molecule has 0 bridgehead atoms. The molecule has 0 spiro atoms. The number of rotatable bonds is 16. The molecule has 0 saturated heterocycles. The van der Waals surface area contributed by atoms with Gasteiger partial charge in [-0.05, 0) is 67.6 Å². The third-order valence-corrected chi connectivity index (χ3v) is 5.44. The van der Waals surface area contributed by atoms with Gasteiger partial charge in [0.05, 0.1) is 19.4 Å². The predicted octanol–water partition coefficient (Wildman–Crippen LogP) is 6.93. The zero-order chi connectivity index (χ0) is 23.7. The molecule has 0 unspecified atom stereocenters. The van der Waals surface area contributed by atoms with Crippen molar-refractivity contribution in [2.45, 2.75) is 78.6 Å². The molecule has 0 aliphatic heterocycles. The molecule has 180 valence electrons. The van der Waals surface area contributed by atoms with Crippen molar-refractivity contribution in [1.82, 2.24) is 5.43 Å². The van der Waals surface area contributed by atoms with E-state index < -0.39 is 0 Å². The summed E-state index contributed by atoms with van der Waals surface area (Å²) in [6, 6.07) is 13.4. The van der Waals surface area contributed by atoms with E-state index in [2.05, 4.69) is 24.4 Å². The van der Waals surface area contributed by atoms with Gasteiger partial charge < -0.3 is 9.47 Å². The number of carbonyl (C=O) groups is 1. The molecular weight excluding hydrogens is 412 g/mol. The van der Waals surface area contributed by atoms with Gasteiger partial charge in [0.25, 0.3) is 5.91 Å². The fraction of sp³-hybridized carbons (Fsp3) is 0.500. The van der Waals surface area contributed by atoms with Crippen LogP contribution in [0.4, 0.5) is 0 Å². The van der Waals surface area contributed by atoms with Crippen molar-refractivity contribution < 1.29 is 14.3 Å². The average molecular weight is 453 g/mol. The van der Waals surface area contributed by atoms with Gasteiger partial charge in [0, 0.05) is 5.56 Å². The molecule has 2 rings (SSSR count). The lowest BCUT2D eigenvalue weighted by molar-refractivity contribution is 0.0955. The molecule has 0 heterocycles. The molecule has 5 nitrogen and oxygen atoms in total. The zero-order valence-corrected chi connectivity index (χ0v) is 20.6. The molecule has 0 aliphatic carbocycles. The van der Waals surface area contributed by atoms with Gasteiger partial charge in [-0.15, -0.1) is 0 Å². The van der Waals surface area contributed by atoms with Crippen LogP contribution < -0.4 is 14.9 Å². The van der Waals surface area contributed by atoms with Crippen LogP contribution in [0, 0.1) is 0 Å². The zero-order valence-electron chi connectivity index (χ0n) is 20.6. The van der Waals surface area contributed by atoms with Crippen molar-refractivity contribution in [2.24, 2.45) is 5.10 Å². The maximum atomic E-state index is 12.3. The number of hydrogen-bond acceptors (Lipinski definition) is 4. The largest absolute Gasteiger partial charge is 0.490 e. The standard InChI is InChI=1S/C28H40N2O3/c1-4-7-9-10-11-12-20-33-26-19-16-24(21-27(26)32-6-3)22-29-30-28(31)25-17-14-23(15-18-25)13-8-5-2/h14-19,21-22H,4-13,20H2,1-3H3,(H,30,31)/b29-22+. The van der Waals surface area contributed by atoms with E-state index in [4.69, 9.17) is 9.47 Å². The molecule has 0 radical (unpaired) electrons.